The van der Waals surface area contributed by atoms with Crippen LogP contribution in [0.5, 0.6) is 11.5 Å². The van der Waals surface area contributed by atoms with Crippen LogP contribution in [0.25, 0.3) is 0 Å². The van der Waals surface area contributed by atoms with E-state index in [9.17, 15) is 17.6 Å². The molecule has 3 aromatic carbocycles. The molecule has 172 valence electrons. The summed E-state index contributed by atoms with van der Waals surface area (Å²) >= 11 is 0. The van der Waals surface area contributed by atoms with Gasteiger partial charge in [0.15, 0.2) is 11.5 Å². The van der Waals surface area contributed by atoms with Crippen molar-refractivity contribution < 1.29 is 27.1 Å². The molecule has 9 heteroatoms. The molecule has 3 aromatic rings. The SMILES string of the molecule is CS(=O)(=O)N(Cc1ccc(C(=O)NCC2COc3ccccc3O2)cc1)c1ccccc1F. The number of halogens is 1. The van der Waals surface area contributed by atoms with Crippen LogP contribution in [-0.2, 0) is 16.6 Å². The molecular formula is C24H23FN2O5S. The maximum atomic E-state index is 14.2. The Bertz CT molecular complexity index is 1250. The van der Waals surface area contributed by atoms with Crippen LogP contribution in [0.4, 0.5) is 10.1 Å². The Kier molecular flexibility index (Phi) is 6.50. The summed E-state index contributed by atoms with van der Waals surface area (Å²) in [6.45, 7) is 0.534. The lowest BCUT2D eigenvalue weighted by Gasteiger charge is -2.26. The maximum Gasteiger partial charge on any atom is 0.251 e. The largest absolute Gasteiger partial charge is 0.486 e. The van der Waals surface area contributed by atoms with Crippen molar-refractivity contribution in [3.05, 3.63) is 89.7 Å². The van der Waals surface area contributed by atoms with Crippen LogP contribution < -0.4 is 19.1 Å². The second-order valence-electron chi connectivity index (χ2n) is 7.63. The topological polar surface area (TPSA) is 84.9 Å². The smallest absolute Gasteiger partial charge is 0.251 e. The lowest BCUT2D eigenvalue weighted by Crippen LogP contribution is -2.40. The summed E-state index contributed by atoms with van der Waals surface area (Å²) in [4.78, 5) is 12.5. The Morgan fingerprint density at radius 1 is 1.03 bits per heavy atom. The third-order valence-corrected chi connectivity index (χ3v) is 6.25. The second kappa shape index (κ2) is 9.50. The molecule has 1 N–H and O–H groups in total. The van der Waals surface area contributed by atoms with E-state index in [1.54, 1.807) is 30.3 Å². The summed E-state index contributed by atoms with van der Waals surface area (Å²) in [5.74, 6) is 0.389. The molecule has 4 rings (SSSR count). The van der Waals surface area contributed by atoms with Gasteiger partial charge >= 0.3 is 0 Å². The zero-order chi connectivity index (χ0) is 23.4. The summed E-state index contributed by atoms with van der Waals surface area (Å²) in [5, 5.41) is 2.82. The predicted molar refractivity (Wildman–Crippen MR) is 123 cm³/mol. The number of sulfonamides is 1. The molecule has 0 spiro atoms. The first-order valence-corrected chi connectivity index (χ1v) is 12.1. The van der Waals surface area contributed by atoms with Gasteiger partial charge in [0.05, 0.1) is 25.0 Å². The maximum absolute atomic E-state index is 14.2. The van der Waals surface area contributed by atoms with Gasteiger partial charge in [0.2, 0.25) is 10.0 Å². The van der Waals surface area contributed by atoms with Gasteiger partial charge < -0.3 is 14.8 Å². The number of fused-ring (bicyclic) bond motifs is 1. The van der Waals surface area contributed by atoms with Gasteiger partial charge in [-0.3, -0.25) is 9.10 Å². The van der Waals surface area contributed by atoms with Crippen LogP contribution in [0.2, 0.25) is 0 Å². The molecule has 1 unspecified atom stereocenters. The molecule has 1 atom stereocenters. The van der Waals surface area contributed by atoms with E-state index in [-0.39, 0.29) is 30.8 Å². The minimum Gasteiger partial charge on any atom is -0.486 e. The van der Waals surface area contributed by atoms with Crippen LogP contribution in [0.1, 0.15) is 15.9 Å². The van der Waals surface area contributed by atoms with Gasteiger partial charge in [0.25, 0.3) is 5.91 Å². The molecule has 0 aromatic heterocycles. The fourth-order valence-corrected chi connectivity index (χ4v) is 4.32. The van der Waals surface area contributed by atoms with Gasteiger partial charge in [0, 0.05) is 5.56 Å². The predicted octanol–water partition coefficient (Wildman–Crippen LogP) is 3.36. The van der Waals surface area contributed by atoms with Crippen LogP contribution in [-0.4, -0.2) is 39.8 Å². The van der Waals surface area contributed by atoms with Crippen LogP contribution in [0, 0.1) is 5.82 Å². The molecule has 0 bridgehead atoms. The van der Waals surface area contributed by atoms with Crippen molar-refractivity contribution in [1.82, 2.24) is 5.32 Å². The Balaban J connectivity index is 1.38. The molecule has 0 fully saturated rings. The van der Waals surface area contributed by atoms with Crippen LogP contribution in [0.15, 0.2) is 72.8 Å². The fourth-order valence-electron chi connectivity index (χ4n) is 3.43. The van der Waals surface area contributed by atoms with E-state index < -0.39 is 15.8 Å². The van der Waals surface area contributed by atoms with Gasteiger partial charge in [-0.15, -0.1) is 0 Å². The van der Waals surface area contributed by atoms with Crippen molar-refractivity contribution in [1.29, 1.82) is 0 Å². The van der Waals surface area contributed by atoms with Gasteiger partial charge in [0.1, 0.15) is 18.5 Å². The zero-order valence-corrected chi connectivity index (χ0v) is 18.7. The van der Waals surface area contributed by atoms with Crippen molar-refractivity contribution in [2.75, 3.05) is 23.7 Å². The minimum atomic E-state index is -3.72. The summed E-state index contributed by atoms with van der Waals surface area (Å²) in [6, 6.07) is 19.5. The van der Waals surface area contributed by atoms with Crippen molar-refractivity contribution in [3.63, 3.8) is 0 Å². The number of rotatable bonds is 7. The number of ether oxygens (including phenoxy) is 2. The van der Waals surface area contributed by atoms with E-state index in [0.29, 0.717) is 29.2 Å². The highest BCUT2D eigenvalue weighted by Gasteiger charge is 2.22. The Hall–Kier alpha value is -3.59. The van der Waals surface area contributed by atoms with Crippen LogP contribution >= 0.6 is 0 Å². The third-order valence-electron chi connectivity index (χ3n) is 5.12. The Morgan fingerprint density at radius 3 is 2.39 bits per heavy atom. The average molecular weight is 471 g/mol. The summed E-state index contributed by atoms with van der Waals surface area (Å²) in [6.07, 6.45) is 0.712. The molecule has 0 radical (unpaired) electrons. The van der Waals surface area contributed by atoms with E-state index in [1.165, 1.54) is 18.2 Å². The second-order valence-corrected chi connectivity index (χ2v) is 9.53. The first-order valence-electron chi connectivity index (χ1n) is 10.3. The number of anilines is 1. The van der Waals surface area contributed by atoms with E-state index in [4.69, 9.17) is 9.47 Å². The Morgan fingerprint density at radius 2 is 1.70 bits per heavy atom. The summed E-state index contributed by atoms with van der Waals surface area (Å²) in [7, 11) is -3.72. The standard InChI is InChI=1S/C24H23FN2O5S/c1-33(29,30)27(21-7-3-2-6-20(21)25)15-17-10-12-18(13-11-17)24(28)26-14-19-16-31-22-8-4-5-9-23(22)32-19/h2-13,19H,14-16H2,1H3,(H,26,28). The van der Waals surface area contributed by atoms with Crippen molar-refractivity contribution in [2.45, 2.75) is 12.6 Å². The van der Waals surface area contributed by atoms with Gasteiger partial charge in [-0.1, -0.05) is 36.4 Å². The Labute approximate surface area is 191 Å². The molecule has 1 heterocycles. The molecule has 0 aliphatic carbocycles. The lowest BCUT2D eigenvalue weighted by molar-refractivity contribution is 0.0789. The molecule has 1 aliphatic heterocycles. The average Bonchev–Trinajstić information content (AvgIpc) is 2.81. The zero-order valence-electron chi connectivity index (χ0n) is 17.9. The normalized spacial score (nSPS) is 15.0. The quantitative estimate of drug-likeness (QED) is 0.573. The van der Waals surface area contributed by atoms with Gasteiger partial charge in [-0.25, -0.2) is 12.8 Å². The number of amides is 1. The molecule has 0 saturated heterocycles. The number of nitrogens with one attached hydrogen (secondary N) is 1. The summed E-state index contributed by atoms with van der Waals surface area (Å²) in [5.41, 5.74) is 0.992. The first-order chi connectivity index (χ1) is 15.8. The van der Waals surface area contributed by atoms with Crippen molar-refractivity contribution >= 4 is 21.6 Å². The fraction of sp³-hybridized carbons (Fsp3) is 0.208. The highest BCUT2D eigenvalue weighted by molar-refractivity contribution is 7.92. The lowest BCUT2D eigenvalue weighted by atomic mass is 10.1. The molecule has 7 nitrogen and oxygen atoms in total. The monoisotopic (exact) mass is 470 g/mol. The third kappa shape index (κ3) is 5.43. The van der Waals surface area contributed by atoms with E-state index >= 15 is 0 Å². The highest BCUT2D eigenvalue weighted by Crippen LogP contribution is 2.30. The number of carbonyl (C=O) groups is 1. The highest BCUT2D eigenvalue weighted by atomic mass is 32.2. The summed E-state index contributed by atoms with van der Waals surface area (Å²) < 4.78 is 51.2. The molecule has 1 amide bonds. The minimum absolute atomic E-state index is 0.0295. The van der Waals surface area contributed by atoms with Gasteiger partial charge in [-0.05, 0) is 42.0 Å². The van der Waals surface area contributed by atoms with E-state index in [0.717, 1.165) is 10.6 Å². The van der Waals surface area contributed by atoms with E-state index in [1.807, 2.05) is 24.3 Å². The molecule has 33 heavy (non-hydrogen) atoms. The van der Waals surface area contributed by atoms with Crippen LogP contribution in [0.3, 0.4) is 0 Å². The number of hydrogen-bond donors (Lipinski definition) is 1. The first kappa shape index (κ1) is 22.6. The van der Waals surface area contributed by atoms with Crippen molar-refractivity contribution in [2.24, 2.45) is 0 Å². The number of para-hydroxylation sites is 3. The molecular weight excluding hydrogens is 447 g/mol. The number of hydrogen-bond acceptors (Lipinski definition) is 5. The number of benzene rings is 3. The van der Waals surface area contributed by atoms with Crippen molar-refractivity contribution in [3.8, 4) is 11.5 Å². The van der Waals surface area contributed by atoms with Gasteiger partial charge in [-0.2, -0.15) is 0 Å². The number of nitrogens with zero attached hydrogens (tertiary/aromatic N) is 1. The molecule has 0 saturated carbocycles. The number of carbonyl (C=O) groups excluding carboxylic acids is 1. The molecule has 1 aliphatic rings. The van der Waals surface area contributed by atoms with E-state index in [2.05, 4.69) is 5.32 Å².